The number of carbonyl (C=O) groups excluding carboxylic acids is 1. The summed E-state index contributed by atoms with van der Waals surface area (Å²) in [6.45, 7) is 1.92. The molecule has 0 fully saturated rings. The summed E-state index contributed by atoms with van der Waals surface area (Å²) in [6.07, 6.45) is 4.98. The minimum atomic E-state index is -0.789. The van der Waals surface area contributed by atoms with E-state index in [1.54, 1.807) is 61.3 Å². The highest BCUT2D eigenvalue weighted by molar-refractivity contribution is 9.10. The summed E-state index contributed by atoms with van der Waals surface area (Å²) in [5.41, 5.74) is 1.87. The van der Waals surface area contributed by atoms with Crippen LogP contribution in [0.3, 0.4) is 0 Å². The first-order valence-electron chi connectivity index (χ1n) is 13.1. The fourth-order valence-corrected chi connectivity index (χ4v) is 6.82. The molecule has 9 nitrogen and oxygen atoms in total. The van der Waals surface area contributed by atoms with Gasteiger partial charge in [0.15, 0.2) is 15.1 Å². The average molecular weight is 676 g/mol. The van der Waals surface area contributed by atoms with E-state index < -0.39 is 12.0 Å². The van der Waals surface area contributed by atoms with Crippen LogP contribution >= 0.6 is 39.0 Å². The summed E-state index contributed by atoms with van der Waals surface area (Å²) in [5, 5.41) is 1.08. The van der Waals surface area contributed by atoms with E-state index in [-0.39, 0.29) is 17.7 Å². The zero-order chi connectivity index (χ0) is 29.9. The van der Waals surface area contributed by atoms with Gasteiger partial charge in [-0.1, -0.05) is 53.8 Å². The number of methoxy groups -OCH3 is 1. The van der Waals surface area contributed by atoms with Crippen molar-refractivity contribution >= 4 is 56.8 Å². The van der Waals surface area contributed by atoms with Gasteiger partial charge in [-0.25, -0.2) is 19.8 Å². The van der Waals surface area contributed by atoms with E-state index in [9.17, 15) is 9.59 Å². The Bertz CT molecular complexity index is 2000. The lowest BCUT2D eigenvalue weighted by Gasteiger charge is -2.26. The van der Waals surface area contributed by atoms with Crippen LogP contribution in [0, 0.1) is 0 Å². The van der Waals surface area contributed by atoms with Crippen molar-refractivity contribution in [2.75, 3.05) is 13.7 Å². The predicted molar refractivity (Wildman–Crippen MR) is 167 cm³/mol. The third-order valence-electron chi connectivity index (χ3n) is 6.48. The van der Waals surface area contributed by atoms with Gasteiger partial charge in [-0.15, -0.1) is 0 Å². The molecule has 0 saturated heterocycles. The summed E-state index contributed by atoms with van der Waals surface area (Å²) in [5.74, 6) is 0.573. The number of furan rings is 1. The lowest BCUT2D eigenvalue weighted by molar-refractivity contribution is -0.138. The summed E-state index contributed by atoms with van der Waals surface area (Å²) in [6, 6.07) is 19.4. The van der Waals surface area contributed by atoms with Gasteiger partial charge in [0, 0.05) is 24.0 Å². The Morgan fingerprint density at radius 1 is 1.12 bits per heavy atom. The van der Waals surface area contributed by atoms with E-state index >= 15 is 0 Å². The molecule has 3 aromatic heterocycles. The SMILES string of the molecule is CCOC(=O)C1=C(c2ccccc2)N=c2s/c(=C/c3cc(Br)c(Sc4ncccn4)o3)c(=O)n2[C@@H]1c1ccc(OC)cc1. The molecule has 0 aliphatic carbocycles. The number of hydrogen-bond acceptors (Lipinski definition) is 10. The molecular weight excluding hydrogens is 652 g/mol. The molecule has 12 heteroatoms. The molecule has 0 saturated carbocycles. The molecule has 0 radical (unpaired) electrons. The number of esters is 1. The van der Waals surface area contributed by atoms with E-state index in [0.29, 0.717) is 46.8 Å². The highest BCUT2D eigenvalue weighted by atomic mass is 79.9. The number of carbonyl (C=O) groups is 1. The predicted octanol–water partition coefficient (Wildman–Crippen LogP) is 5.24. The molecule has 6 rings (SSSR count). The number of thiazole rings is 1. The number of halogens is 1. The second kappa shape index (κ2) is 12.5. The van der Waals surface area contributed by atoms with E-state index in [4.69, 9.17) is 18.9 Å². The summed E-state index contributed by atoms with van der Waals surface area (Å²) < 4.78 is 19.6. The number of hydrogen-bond donors (Lipinski definition) is 0. The molecular formula is C31H23BrN4O5S2. The number of benzene rings is 2. The first-order valence-corrected chi connectivity index (χ1v) is 15.6. The number of ether oxygens (including phenoxy) is 2. The van der Waals surface area contributed by atoms with E-state index in [2.05, 4.69) is 25.9 Å². The summed E-state index contributed by atoms with van der Waals surface area (Å²) in [4.78, 5) is 41.4. The van der Waals surface area contributed by atoms with Crippen molar-refractivity contribution in [3.63, 3.8) is 0 Å². The first kappa shape index (κ1) is 28.8. The Balaban J connectivity index is 1.53. The van der Waals surface area contributed by atoms with Crippen molar-refractivity contribution in [3.05, 3.63) is 126 Å². The van der Waals surface area contributed by atoms with Crippen LogP contribution in [0.2, 0.25) is 0 Å². The van der Waals surface area contributed by atoms with Crippen LogP contribution in [0.25, 0.3) is 11.8 Å². The van der Waals surface area contributed by atoms with Gasteiger partial charge >= 0.3 is 5.97 Å². The van der Waals surface area contributed by atoms with Gasteiger partial charge in [-0.2, -0.15) is 0 Å². The molecule has 4 heterocycles. The van der Waals surface area contributed by atoms with Gasteiger partial charge in [0.25, 0.3) is 5.56 Å². The smallest absolute Gasteiger partial charge is 0.338 e. The Labute approximate surface area is 262 Å². The number of rotatable bonds is 8. The van der Waals surface area contributed by atoms with Crippen LogP contribution in [-0.4, -0.2) is 34.2 Å². The van der Waals surface area contributed by atoms with Crippen LogP contribution in [0.1, 0.15) is 29.9 Å². The normalized spacial score (nSPS) is 14.8. The van der Waals surface area contributed by atoms with Crippen molar-refractivity contribution in [2.45, 2.75) is 23.2 Å². The van der Waals surface area contributed by atoms with E-state index in [1.807, 2.05) is 42.5 Å². The molecule has 1 atom stereocenters. The molecule has 0 bridgehead atoms. The maximum Gasteiger partial charge on any atom is 0.338 e. The Morgan fingerprint density at radius 3 is 2.56 bits per heavy atom. The lowest BCUT2D eigenvalue weighted by Crippen LogP contribution is -2.40. The topological polar surface area (TPSA) is 109 Å². The molecule has 216 valence electrons. The van der Waals surface area contributed by atoms with Gasteiger partial charge in [-0.3, -0.25) is 9.36 Å². The van der Waals surface area contributed by atoms with Crippen LogP contribution in [0.5, 0.6) is 5.75 Å². The van der Waals surface area contributed by atoms with E-state index in [1.165, 1.54) is 23.1 Å². The zero-order valence-corrected chi connectivity index (χ0v) is 26.1. The number of fused-ring (bicyclic) bond motifs is 1. The van der Waals surface area contributed by atoms with Crippen molar-refractivity contribution in [3.8, 4) is 5.75 Å². The summed E-state index contributed by atoms with van der Waals surface area (Å²) in [7, 11) is 1.58. The minimum absolute atomic E-state index is 0.173. The maximum atomic E-state index is 14.1. The van der Waals surface area contributed by atoms with Crippen LogP contribution in [-0.2, 0) is 9.53 Å². The fraction of sp³-hybridized carbons (Fsp3) is 0.129. The second-order valence-corrected chi connectivity index (χ2v) is 11.9. The van der Waals surface area contributed by atoms with E-state index in [0.717, 1.165) is 5.56 Å². The Kier molecular flexibility index (Phi) is 8.41. The highest BCUT2D eigenvalue weighted by Gasteiger charge is 2.35. The largest absolute Gasteiger partial charge is 0.497 e. The monoisotopic (exact) mass is 674 g/mol. The van der Waals surface area contributed by atoms with Crippen LogP contribution in [0.4, 0.5) is 0 Å². The maximum absolute atomic E-state index is 14.1. The first-order chi connectivity index (χ1) is 21.0. The molecule has 0 spiro atoms. The Morgan fingerprint density at radius 2 is 1.86 bits per heavy atom. The molecule has 0 unspecified atom stereocenters. The number of nitrogens with zero attached hydrogens (tertiary/aromatic N) is 4. The molecule has 2 aromatic carbocycles. The second-order valence-electron chi connectivity index (χ2n) is 9.12. The van der Waals surface area contributed by atoms with Crippen LogP contribution in [0.15, 0.2) is 114 Å². The standard InChI is InChI=1S/C31H23BrN4O5S2/c1-3-40-28(38)24-25(18-8-5-4-6-9-18)35-31-36(26(24)19-10-12-20(39-2)13-11-19)27(37)23(42-31)17-21-16-22(32)29(41-21)43-30-33-14-7-15-34-30/h4-17,26H,3H2,1-2H3/b23-17+/t26-/m1/s1. The average Bonchev–Trinajstić information content (AvgIpc) is 3.54. The van der Waals surface area contributed by atoms with Gasteiger partial charge in [0.2, 0.25) is 0 Å². The fourth-order valence-electron chi connectivity index (χ4n) is 4.60. The van der Waals surface area contributed by atoms with Gasteiger partial charge < -0.3 is 13.9 Å². The number of aromatic nitrogens is 3. The lowest BCUT2D eigenvalue weighted by atomic mass is 9.93. The van der Waals surface area contributed by atoms with Crippen molar-refractivity contribution in [1.29, 1.82) is 0 Å². The van der Waals surface area contributed by atoms with Crippen molar-refractivity contribution in [2.24, 2.45) is 4.99 Å². The highest BCUT2D eigenvalue weighted by Crippen LogP contribution is 2.36. The quantitative estimate of drug-likeness (QED) is 0.162. The van der Waals surface area contributed by atoms with Crippen LogP contribution < -0.4 is 19.6 Å². The minimum Gasteiger partial charge on any atom is -0.497 e. The van der Waals surface area contributed by atoms with Gasteiger partial charge in [0.1, 0.15) is 11.5 Å². The summed E-state index contributed by atoms with van der Waals surface area (Å²) >= 11 is 6.01. The van der Waals surface area contributed by atoms with Crippen molar-refractivity contribution < 1.29 is 18.7 Å². The Hall–Kier alpha value is -4.26. The molecule has 0 amide bonds. The third-order valence-corrected chi connectivity index (χ3v) is 9.20. The molecule has 1 aliphatic heterocycles. The zero-order valence-electron chi connectivity index (χ0n) is 22.9. The molecule has 1 aliphatic rings. The van der Waals surface area contributed by atoms with Gasteiger partial charge in [0.05, 0.1) is 40.0 Å². The third kappa shape index (κ3) is 5.85. The van der Waals surface area contributed by atoms with Gasteiger partial charge in [-0.05, 0) is 64.4 Å². The molecule has 0 N–H and O–H groups in total. The molecule has 5 aromatic rings. The molecule has 43 heavy (non-hydrogen) atoms. The van der Waals surface area contributed by atoms with Crippen molar-refractivity contribution in [1.82, 2.24) is 14.5 Å².